The van der Waals surface area contributed by atoms with Crippen LogP contribution in [-0.4, -0.2) is 23.6 Å². The summed E-state index contributed by atoms with van der Waals surface area (Å²) in [7, 11) is 1.55. The molecule has 0 saturated carbocycles. The van der Waals surface area contributed by atoms with E-state index in [2.05, 4.69) is 4.98 Å². The van der Waals surface area contributed by atoms with Gasteiger partial charge in [-0.1, -0.05) is 47.6 Å². The number of aromatic nitrogens is 1. The van der Waals surface area contributed by atoms with Crippen molar-refractivity contribution >= 4 is 40.0 Å². The van der Waals surface area contributed by atoms with Gasteiger partial charge in [-0.2, -0.15) is 0 Å². The summed E-state index contributed by atoms with van der Waals surface area (Å²) in [5.41, 5.74) is 1.50. The number of ether oxygens (including phenoxy) is 1. The number of methoxy groups -OCH3 is 1. The number of thioether (sulfide) groups is 1. The maximum Gasteiger partial charge on any atom is 0.173 e. The standard InChI is InChI=1S/C18H14ClNO2S/c1-22-17-8-6-13(10-14(17)19)16(21)11-23-18-9-7-12-4-2-3-5-15(12)20-18/h2-10H,11H2,1H3. The average Bonchev–Trinajstić information content (AvgIpc) is 2.59. The zero-order chi connectivity index (χ0) is 16.2. The summed E-state index contributed by atoms with van der Waals surface area (Å²) in [6.45, 7) is 0. The molecule has 0 fully saturated rings. The van der Waals surface area contributed by atoms with Gasteiger partial charge < -0.3 is 4.74 Å². The van der Waals surface area contributed by atoms with Crippen molar-refractivity contribution in [2.45, 2.75) is 5.03 Å². The van der Waals surface area contributed by atoms with Crippen molar-refractivity contribution in [1.82, 2.24) is 4.98 Å². The smallest absolute Gasteiger partial charge is 0.173 e. The molecule has 0 radical (unpaired) electrons. The molecular weight excluding hydrogens is 330 g/mol. The van der Waals surface area contributed by atoms with Crippen molar-refractivity contribution in [3.05, 3.63) is 65.2 Å². The van der Waals surface area contributed by atoms with Crippen molar-refractivity contribution in [1.29, 1.82) is 0 Å². The van der Waals surface area contributed by atoms with Crippen LogP contribution in [0.5, 0.6) is 5.75 Å². The number of carbonyl (C=O) groups is 1. The molecule has 0 saturated heterocycles. The lowest BCUT2D eigenvalue weighted by Crippen LogP contribution is -2.03. The van der Waals surface area contributed by atoms with Crippen molar-refractivity contribution in [2.75, 3.05) is 12.9 Å². The minimum Gasteiger partial charge on any atom is -0.495 e. The summed E-state index contributed by atoms with van der Waals surface area (Å²) < 4.78 is 5.09. The van der Waals surface area contributed by atoms with E-state index in [0.717, 1.165) is 15.9 Å². The highest BCUT2D eigenvalue weighted by atomic mass is 35.5. The molecule has 0 bridgehead atoms. The molecule has 0 unspecified atom stereocenters. The lowest BCUT2D eigenvalue weighted by molar-refractivity contribution is 0.102. The number of halogens is 1. The van der Waals surface area contributed by atoms with Crippen molar-refractivity contribution < 1.29 is 9.53 Å². The topological polar surface area (TPSA) is 39.2 Å². The third-order valence-electron chi connectivity index (χ3n) is 3.40. The molecule has 23 heavy (non-hydrogen) atoms. The molecule has 1 heterocycles. The molecule has 0 amide bonds. The molecule has 3 nitrogen and oxygen atoms in total. The average molecular weight is 344 g/mol. The Labute approximate surface area is 143 Å². The SMILES string of the molecule is COc1ccc(C(=O)CSc2ccc3ccccc3n2)cc1Cl. The number of hydrogen-bond acceptors (Lipinski definition) is 4. The molecule has 2 aromatic carbocycles. The molecule has 0 aliphatic rings. The van der Waals surface area contributed by atoms with Gasteiger partial charge in [-0.3, -0.25) is 4.79 Å². The summed E-state index contributed by atoms with van der Waals surface area (Å²) in [4.78, 5) is 16.8. The Hall–Kier alpha value is -2.04. The molecule has 116 valence electrons. The van der Waals surface area contributed by atoms with Gasteiger partial charge in [-0.25, -0.2) is 4.98 Å². The Morgan fingerprint density at radius 3 is 2.78 bits per heavy atom. The van der Waals surface area contributed by atoms with Gasteiger partial charge in [-0.15, -0.1) is 0 Å². The predicted molar refractivity (Wildman–Crippen MR) is 94.8 cm³/mol. The van der Waals surface area contributed by atoms with Crippen LogP contribution in [0.3, 0.4) is 0 Å². The van der Waals surface area contributed by atoms with Crippen molar-refractivity contribution in [3.8, 4) is 5.75 Å². The minimum atomic E-state index is 0.00881. The van der Waals surface area contributed by atoms with E-state index in [9.17, 15) is 4.79 Å². The molecule has 0 aliphatic carbocycles. The summed E-state index contributed by atoms with van der Waals surface area (Å²) in [6, 6.07) is 16.9. The lowest BCUT2D eigenvalue weighted by Gasteiger charge is -2.06. The van der Waals surface area contributed by atoms with Crippen molar-refractivity contribution in [2.24, 2.45) is 0 Å². The second-order valence-electron chi connectivity index (χ2n) is 4.90. The van der Waals surface area contributed by atoms with E-state index < -0.39 is 0 Å². The zero-order valence-corrected chi connectivity index (χ0v) is 14.0. The number of Topliss-reactive ketones (excluding diaryl/α,β-unsaturated/α-hetero) is 1. The number of benzene rings is 2. The Morgan fingerprint density at radius 2 is 2.00 bits per heavy atom. The largest absolute Gasteiger partial charge is 0.495 e. The first-order chi connectivity index (χ1) is 11.2. The molecule has 0 N–H and O–H groups in total. The maximum atomic E-state index is 12.3. The maximum absolute atomic E-state index is 12.3. The normalized spacial score (nSPS) is 10.7. The summed E-state index contributed by atoms with van der Waals surface area (Å²) in [6.07, 6.45) is 0. The van der Waals surface area contributed by atoms with Crippen LogP contribution in [0.2, 0.25) is 5.02 Å². The van der Waals surface area contributed by atoms with Crippen LogP contribution in [-0.2, 0) is 0 Å². The van der Waals surface area contributed by atoms with Crippen molar-refractivity contribution in [3.63, 3.8) is 0 Å². The predicted octanol–water partition coefficient (Wildman–Crippen LogP) is 4.87. The first-order valence-corrected chi connectivity index (χ1v) is 8.39. The van der Waals surface area contributed by atoms with Gasteiger partial charge >= 0.3 is 0 Å². The van der Waals surface area contributed by atoms with Gasteiger partial charge in [0.05, 0.1) is 28.4 Å². The van der Waals surface area contributed by atoms with Gasteiger partial charge in [0.25, 0.3) is 0 Å². The highest BCUT2D eigenvalue weighted by Gasteiger charge is 2.10. The fourth-order valence-corrected chi connectivity index (χ4v) is 3.22. The van der Waals surface area contributed by atoms with Crippen LogP contribution in [0, 0.1) is 0 Å². The third-order valence-corrected chi connectivity index (χ3v) is 4.62. The number of nitrogens with zero attached hydrogens (tertiary/aromatic N) is 1. The van der Waals surface area contributed by atoms with Crippen LogP contribution in [0.1, 0.15) is 10.4 Å². The molecule has 0 aliphatic heterocycles. The number of hydrogen-bond donors (Lipinski definition) is 0. The number of ketones is 1. The Morgan fingerprint density at radius 1 is 1.17 bits per heavy atom. The first kappa shape index (κ1) is 15.8. The summed E-state index contributed by atoms with van der Waals surface area (Å²) in [5.74, 6) is 0.884. The summed E-state index contributed by atoms with van der Waals surface area (Å²) in [5, 5.41) is 2.36. The fraction of sp³-hybridized carbons (Fsp3) is 0.111. The molecule has 5 heteroatoms. The van der Waals surface area contributed by atoms with E-state index in [-0.39, 0.29) is 5.78 Å². The van der Waals surface area contributed by atoms with Crippen LogP contribution in [0.15, 0.2) is 59.6 Å². The monoisotopic (exact) mass is 343 g/mol. The number of carbonyl (C=O) groups excluding carboxylic acids is 1. The first-order valence-electron chi connectivity index (χ1n) is 7.03. The lowest BCUT2D eigenvalue weighted by atomic mass is 10.1. The number of para-hydroxylation sites is 1. The molecule has 3 aromatic rings. The Balaban J connectivity index is 1.71. The highest BCUT2D eigenvalue weighted by Crippen LogP contribution is 2.26. The van der Waals surface area contributed by atoms with E-state index >= 15 is 0 Å². The van der Waals surface area contributed by atoms with Crippen LogP contribution >= 0.6 is 23.4 Å². The number of fused-ring (bicyclic) bond motifs is 1. The second kappa shape index (κ2) is 7.02. The van der Waals surface area contributed by atoms with E-state index in [0.29, 0.717) is 22.1 Å². The van der Waals surface area contributed by atoms with Gasteiger partial charge in [0.2, 0.25) is 0 Å². The van der Waals surface area contributed by atoms with Crippen LogP contribution < -0.4 is 4.74 Å². The summed E-state index contributed by atoms with van der Waals surface area (Å²) >= 11 is 7.48. The molecular formula is C18H14ClNO2S. The number of pyridine rings is 1. The van der Waals surface area contributed by atoms with Gasteiger partial charge in [0, 0.05) is 10.9 Å². The molecule has 0 spiro atoms. The third kappa shape index (κ3) is 3.66. The van der Waals surface area contributed by atoms with E-state index in [1.807, 2.05) is 36.4 Å². The van der Waals surface area contributed by atoms with E-state index in [4.69, 9.17) is 16.3 Å². The minimum absolute atomic E-state index is 0.00881. The van der Waals surface area contributed by atoms with Gasteiger partial charge in [0.1, 0.15) is 5.75 Å². The Bertz CT molecular complexity index is 867. The van der Waals surface area contributed by atoms with Gasteiger partial charge in [-0.05, 0) is 30.3 Å². The van der Waals surface area contributed by atoms with E-state index in [1.165, 1.54) is 11.8 Å². The zero-order valence-electron chi connectivity index (χ0n) is 12.5. The number of rotatable bonds is 5. The quantitative estimate of drug-likeness (QED) is 0.489. The molecule has 1 aromatic heterocycles. The Kier molecular flexibility index (Phi) is 4.84. The molecule has 0 atom stereocenters. The van der Waals surface area contributed by atoms with Crippen LogP contribution in [0.25, 0.3) is 10.9 Å². The molecule has 3 rings (SSSR count). The fourth-order valence-electron chi connectivity index (χ4n) is 2.19. The van der Waals surface area contributed by atoms with E-state index in [1.54, 1.807) is 25.3 Å². The van der Waals surface area contributed by atoms with Crippen LogP contribution in [0.4, 0.5) is 0 Å². The van der Waals surface area contributed by atoms with Gasteiger partial charge in [0.15, 0.2) is 5.78 Å². The second-order valence-corrected chi connectivity index (χ2v) is 6.31. The highest BCUT2D eigenvalue weighted by molar-refractivity contribution is 7.99.